The summed E-state index contributed by atoms with van der Waals surface area (Å²) in [5.41, 5.74) is 2.39. The molecule has 0 aliphatic rings. The maximum Gasteiger partial charge on any atom is 0.236 e. The average molecular weight is 326 g/mol. The molecule has 2 aromatic rings. The summed E-state index contributed by atoms with van der Waals surface area (Å²) in [6.07, 6.45) is 0. The summed E-state index contributed by atoms with van der Waals surface area (Å²) in [5, 5.41) is 0. The van der Waals surface area contributed by atoms with Crippen molar-refractivity contribution in [1.29, 1.82) is 0 Å². The molecule has 2 aromatic carbocycles. The van der Waals surface area contributed by atoms with Crippen molar-refractivity contribution in [3.63, 3.8) is 0 Å². The van der Waals surface area contributed by atoms with Gasteiger partial charge in [-0.3, -0.25) is 9.69 Å². The lowest BCUT2D eigenvalue weighted by molar-refractivity contribution is -0.131. The molecular formula is C20H26N2O2. The van der Waals surface area contributed by atoms with Crippen LogP contribution in [0.5, 0.6) is 5.75 Å². The molecule has 0 radical (unpaired) electrons. The van der Waals surface area contributed by atoms with E-state index < -0.39 is 0 Å². The molecule has 0 aromatic heterocycles. The first-order chi connectivity index (χ1) is 11.6. The number of likely N-dealkylation sites (N-methyl/N-ethyl adjacent to an activating group) is 2. The zero-order chi connectivity index (χ0) is 17.4. The summed E-state index contributed by atoms with van der Waals surface area (Å²) >= 11 is 0. The minimum absolute atomic E-state index is 0.112. The molecule has 0 atom stereocenters. The van der Waals surface area contributed by atoms with Gasteiger partial charge in [0, 0.05) is 20.1 Å². The Kier molecular flexibility index (Phi) is 6.82. The lowest BCUT2D eigenvalue weighted by Gasteiger charge is -2.22. The largest absolute Gasteiger partial charge is 0.492 e. The molecule has 0 unspecified atom stereocenters. The van der Waals surface area contributed by atoms with Crippen molar-refractivity contribution in [2.45, 2.75) is 13.5 Å². The van der Waals surface area contributed by atoms with Gasteiger partial charge in [-0.2, -0.15) is 0 Å². The van der Waals surface area contributed by atoms with E-state index in [4.69, 9.17) is 4.74 Å². The molecule has 0 spiro atoms. The van der Waals surface area contributed by atoms with Gasteiger partial charge in [0.1, 0.15) is 12.4 Å². The minimum Gasteiger partial charge on any atom is -0.492 e. The molecule has 0 saturated carbocycles. The minimum atomic E-state index is 0.112. The number of benzene rings is 2. The van der Waals surface area contributed by atoms with E-state index in [2.05, 4.69) is 19.1 Å². The zero-order valence-electron chi connectivity index (χ0n) is 14.7. The Bertz CT molecular complexity index is 643. The number of aryl methyl sites for hydroxylation is 1. The molecule has 4 nitrogen and oxygen atoms in total. The van der Waals surface area contributed by atoms with E-state index in [0.29, 0.717) is 26.2 Å². The van der Waals surface area contributed by atoms with E-state index in [1.54, 1.807) is 4.90 Å². The molecule has 0 N–H and O–H groups in total. The molecule has 0 aliphatic carbocycles. The van der Waals surface area contributed by atoms with Crippen LogP contribution < -0.4 is 4.74 Å². The van der Waals surface area contributed by atoms with E-state index in [0.717, 1.165) is 5.75 Å². The predicted octanol–water partition coefficient (Wildman–Crippen LogP) is 2.96. The lowest BCUT2D eigenvalue weighted by Crippen LogP contribution is -2.37. The SMILES string of the molecule is Cc1ccccc1CN(C)C(=O)CN(C)CCOc1ccccc1. The summed E-state index contributed by atoms with van der Waals surface area (Å²) < 4.78 is 5.66. The van der Waals surface area contributed by atoms with E-state index in [1.807, 2.05) is 61.5 Å². The van der Waals surface area contributed by atoms with E-state index >= 15 is 0 Å². The van der Waals surface area contributed by atoms with Gasteiger partial charge in [0.2, 0.25) is 5.91 Å². The Balaban J connectivity index is 1.73. The highest BCUT2D eigenvalue weighted by Gasteiger charge is 2.13. The second-order valence-corrected chi connectivity index (χ2v) is 6.08. The number of carbonyl (C=O) groups is 1. The third-order valence-electron chi connectivity index (χ3n) is 3.98. The molecule has 0 aliphatic heterocycles. The molecule has 0 bridgehead atoms. The van der Waals surface area contributed by atoms with Gasteiger partial charge in [-0.1, -0.05) is 42.5 Å². The van der Waals surface area contributed by atoms with Gasteiger partial charge in [0.15, 0.2) is 0 Å². The fourth-order valence-electron chi connectivity index (χ4n) is 2.40. The number of hydrogen-bond donors (Lipinski definition) is 0. The first-order valence-corrected chi connectivity index (χ1v) is 8.21. The monoisotopic (exact) mass is 326 g/mol. The van der Waals surface area contributed by atoms with Crippen LogP contribution in [0.25, 0.3) is 0 Å². The molecule has 1 amide bonds. The fourth-order valence-corrected chi connectivity index (χ4v) is 2.40. The first-order valence-electron chi connectivity index (χ1n) is 8.21. The Morgan fingerprint density at radius 3 is 2.38 bits per heavy atom. The first kappa shape index (κ1) is 18.0. The van der Waals surface area contributed by atoms with Crippen molar-refractivity contribution in [1.82, 2.24) is 9.80 Å². The van der Waals surface area contributed by atoms with Crippen molar-refractivity contribution < 1.29 is 9.53 Å². The molecule has 24 heavy (non-hydrogen) atoms. The van der Waals surface area contributed by atoms with Crippen LogP contribution >= 0.6 is 0 Å². The van der Waals surface area contributed by atoms with Crippen molar-refractivity contribution >= 4 is 5.91 Å². The van der Waals surface area contributed by atoms with Crippen LogP contribution in [0, 0.1) is 6.92 Å². The molecule has 0 fully saturated rings. The number of ether oxygens (including phenoxy) is 1. The van der Waals surface area contributed by atoms with Gasteiger partial charge in [-0.15, -0.1) is 0 Å². The number of para-hydroxylation sites is 1. The quantitative estimate of drug-likeness (QED) is 0.748. The van der Waals surface area contributed by atoms with Crippen LogP contribution in [0.2, 0.25) is 0 Å². The smallest absolute Gasteiger partial charge is 0.236 e. The Morgan fingerprint density at radius 1 is 1.00 bits per heavy atom. The van der Waals surface area contributed by atoms with Gasteiger partial charge < -0.3 is 9.64 Å². The lowest BCUT2D eigenvalue weighted by atomic mass is 10.1. The second-order valence-electron chi connectivity index (χ2n) is 6.08. The molecule has 128 valence electrons. The summed E-state index contributed by atoms with van der Waals surface area (Å²) in [5.74, 6) is 0.967. The summed E-state index contributed by atoms with van der Waals surface area (Å²) in [7, 11) is 3.79. The van der Waals surface area contributed by atoms with Crippen LogP contribution in [-0.2, 0) is 11.3 Å². The van der Waals surface area contributed by atoms with Crippen molar-refractivity contribution in [3.8, 4) is 5.75 Å². The second kappa shape index (κ2) is 9.08. The highest BCUT2D eigenvalue weighted by atomic mass is 16.5. The van der Waals surface area contributed by atoms with Gasteiger partial charge in [0.05, 0.1) is 6.54 Å². The van der Waals surface area contributed by atoms with Crippen LogP contribution in [0.1, 0.15) is 11.1 Å². The number of carbonyl (C=O) groups excluding carboxylic acids is 1. The van der Waals surface area contributed by atoms with Crippen molar-refractivity contribution in [3.05, 3.63) is 65.7 Å². The highest BCUT2D eigenvalue weighted by molar-refractivity contribution is 5.78. The van der Waals surface area contributed by atoms with Gasteiger partial charge >= 0.3 is 0 Å². The summed E-state index contributed by atoms with van der Waals surface area (Å²) in [4.78, 5) is 16.1. The number of amides is 1. The molecule has 0 saturated heterocycles. The standard InChI is InChI=1S/C20H26N2O2/c1-17-9-7-8-10-18(17)15-22(3)20(23)16-21(2)13-14-24-19-11-5-4-6-12-19/h4-12H,13-16H2,1-3H3. The molecule has 2 rings (SSSR count). The van der Waals surface area contributed by atoms with Crippen LogP contribution in [0.15, 0.2) is 54.6 Å². The normalized spacial score (nSPS) is 10.7. The van der Waals surface area contributed by atoms with Crippen LogP contribution in [0.3, 0.4) is 0 Å². The van der Waals surface area contributed by atoms with Gasteiger partial charge in [-0.05, 0) is 37.2 Å². The molecule has 0 heterocycles. The molecule has 4 heteroatoms. The number of rotatable bonds is 8. The van der Waals surface area contributed by atoms with Gasteiger partial charge in [0.25, 0.3) is 0 Å². The Hall–Kier alpha value is -2.33. The predicted molar refractivity (Wildman–Crippen MR) is 97.1 cm³/mol. The average Bonchev–Trinajstić information content (AvgIpc) is 2.57. The van der Waals surface area contributed by atoms with Crippen molar-refractivity contribution in [2.24, 2.45) is 0 Å². The van der Waals surface area contributed by atoms with Crippen molar-refractivity contribution in [2.75, 3.05) is 33.8 Å². The zero-order valence-corrected chi connectivity index (χ0v) is 14.7. The highest BCUT2D eigenvalue weighted by Crippen LogP contribution is 2.10. The van der Waals surface area contributed by atoms with E-state index in [9.17, 15) is 4.79 Å². The Morgan fingerprint density at radius 2 is 1.67 bits per heavy atom. The Labute approximate surface area is 144 Å². The van der Waals surface area contributed by atoms with E-state index in [1.165, 1.54) is 11.1 Å². The fraction of sp³-hybridized carbons (Fsp3) is 0.350. The maximum absolute atomic E-state index is 12.3. The summed E-state index contributed by atoms with van der Waals surface area (Å²) in [6.45, 7) is 4.37. The van der Waals surface area contributed by atoms with Gasteiger partial charge in [-0.25, -0.2) is 0 Å². The summed E-state index contributed by atoms with van der Waals surface area (Å²) in [6, 6.07) is 17.9. The van der Waals surface area contributed by atoms with E-state index in [-0.39, 0.29) is 5.91 Å². The van der Waals surface area contributed by atoms with Crippen LogP contribution in [-0.4, -0.2) is 49.5 Å². The maximum atomic E-state index is 12.3. The number of hydrogen-bond acceptors (Lipinski definition) is 3. The third-order valence-corrected chi connectivity index (χ3v) is 3.98. The third kappa shape index (κ3) is 5.70. The number of nitrogens with zero attached hydrogens (tertiary/aromatic N) is 2. The molecular weight excluding hydrogens is 300 g/mol. The van der Waals surface area contributed by atoms with Crippen LogP contribution in [0.4, 0.5) is 0 Å². The topological polar surface area (TPSA) is 32.8 Å².